The van der Waals surface area contributed by atoms with Gasteiger partial charge in [0.25, 0.3) is 0 Å². The van der Waals surface area contributed by atoms with E-state index < -0.39 is 6.35 Å². The average Bonchev–Trinajstić information content (AvgIpc) is 3.63. The number of amides is 1. The molecule has 13 nitrogen and oxygen atoms in total. The molecule has 0 radical (unpaired) electrons. The lowest BCUT2D eigenvalue weighted by molar-refractivity contribution is -0.117. The van der Waals surface area contributed by atoms with Crippen molar-refractivity contribution in [2.45, 2.75) is 31.5 Å². The number of rotatable bonds is 9. The van der Waals surface area contributed by atoms with Gasteiger partial charge in [0.05, 0.1) is 64.5 Å². The summed E-state index contributed by atoms with van der Waals surface area (Å²) in [6, 6.07) is 1.02. The number of H-pyrrole nitrogens is 1. The summed E-state index contributed by atoms with van der Waals surface area (Å²) in [6.07, 6.45) is 5.01. The number of halogens is 2. The van der Waals surface area contributed by atoms with Crippen molar-refractivity contribution < 1.29 is 24.1 Å². The summed E-state index contributed by atoms with van der Waals surface area (Å²) < 4.78 is 16.4. The molecule has 0 aliphatic carbocycles. The normalized spacial score (nSPS) is 20.2. The number of aromatic amines is 1. The number of aliphatic hydroxyl groups is 1. The fourth-order valence-electron chi connectivity index (χ4n) is 4.65. The Morgan fingerprint density at radius 2 is 1.98 bits per heavy atom. The number of fused-ring (bicyclic) bond motifs is 1. The van der Waals surface area contributed by atoms with Crippen molar-refractivity contribution in [1.29, 1.82) is 0 Å². The van der Waals surface area contributed by atoms with Crippen LogP contribution in [0.5, 0.6) is 11.5 Å². The Morgan fingerprint density at radius 1 is 1.25 bits per heavy atom. The van der Waals surface area contributed by atoms with Crippen LogP contribution in [-0.2, 0) is 22.6 Å². The average molecular weight is 591 g/mol. The van der Waals surface area contributed by atoms with Gasteiger partial charge in [0.2, 0.25) is 18.2 Å². The maximum absolute atomic E-state index is 11.8. The highest BCUT2D eigenvalue weighted by Crippen LogP contribution is 2.48. The quantitative estimate of drug-likeness (QED) is 0.272. The smallest absolute Gasteiger partial charge is 0.243 e. The summed E-state index contributed by atoms with van der Waals surface area (Å²) in [5.74, 6) is 1.18. The maximum atomic E-state index is 11.8. The number of aliphatic hydroxyl groups excluding tert-OH is 1. The monoisotopic (exact) mass is 590 g/mol. The first-order valence-electron chi connectivity index (χ1n) is 12.3. The fraction of sp³-hybridized carbons (Fsp3) is 0.360. The minimum absolute atomic E-state index is 0.180. The number of carbonyl (C=O) groups is 1. The third kappa shape index (κ3) is 5.32. The van der Waals surface area contributed by atoms with Crippen molar-refractivity contribution in [1.82, 2.24) is 25.5 Å². The molecule has 0 spiro atoms. The van der Waals surface area contributed by atoms with E-state index in [-0.39, 0.29) is 41.1 Å². The van der Waals surface area contributed by atoms with Crippen molar-refractivity contribution in [2.75, 3.05) is 42.5 Å². The van der Waals surface area contributed by atoms with Crippen LogP contribution in [0.15, 0.2) is 37.3 Å². The minimum Gasteiger partial charge on any atom is -0.495 e. The molecule has 15 heteroatoms. The van der Waals surface area contributed by atoms with Crippen LogP contribution >= 0.6 is 23.2 Å². The van der Waals surface area contributed by atoms with Crippen LogP contribution in [0.3, 0.4) is 0 Å². The van der Waals surface area contributed by atoms with Crippen molar-refractivity contribution >= 4 is 46.6 Å². The molecular formula is C25H28Cl2N8O5. The molecular weight excluding hydrogens is 563 g/mol. The van der Waals surface area contributed by atoms with Gasteiger partial charge in [0.15, 0.2) is 0 Å². The number of nitrogens with one attached hydrogen (secondary N) is 3. The second-order valence-corrected chi connectivity index (χ2v) is 9.87. The molecule has 2 aliphatic rings. The number of hydrogen-bond acceptors (Lipinski definition) is 11. The highest BCUT2D eigenvalue weighted by Gasteiger charge is 2.37. The zero-order chi connectivity index (χ0) is 28.4. The summed E-state index contributed by atoms with van der Waals surface area (Å²) >= 11 is 13.4. The predicted octanol–water partition coefficient (Wildman–Crippen LogP) is 2.31. The van der Waals surface area contributed by atoms with E-state index in [2.05, 4.69) is 32.4 Å². The lowest BCUT2D eigenvalue weighted by atomic mass is 10.1. The molecule has 5 rings (SSSR count). The molecule has 4 N–H and O–H groups in total. The molecule has 3 aromatic rings. The second kappa shape index (κ2) is 11.8. The van der Waals surface area contributed by atoms with Gasteiger partial charge in [-0.2, -0.15) is 10.1 Å². The highest BCUT2D eigenvalue weighted by atomic mass is 35.5. The van der Waals surface area contributed by atoms with Crippen LogP contribution in [0, 0.1) is 0 Å². The van der Waals surface area contributed by atoms with Crippen LogP contribution in [0.2, 0.25) is 10.0 Å². The Labute approximate surface area is 240 Å². The molecule has 3 atom stereocenters. The number of carbonyl (C=O) groups excluding carboxylic acids is 1. The molecule has 2 aliphatic heterocycles. The van der Waals surface area contributed by atoms with Crippen LogP contribution in [0.4, 0.5) is 17.5 Å². The lowest BCUT2D eigenvalue weighted by Gasteiger charge is -2.43. The van der Waals surface area contributed by atoms with Gasteiger partial charge in [0, 0.05) is 29.6 Å². The molecule has 2 aromatic heterocycles. The van der Waals surface area contributed by atoms with Crippen molar-refractivity contribution in [3.05, 3.63) is 58.5 Å². The Kier molecular flexibility index (Phi) is 8.17. The van der Waals surface area contributed by atoms with Crippen LogP contribution < -0.4 is 29.9 Å². The van der Waals surface area contributed by atoms with Crippen molar-refractivity contribution in [3.8, 4) is 11.5 Å². The van der Waals surface area contributed by atoms with E-state index in [1.54, 1.807) is 34.5 Å². The minimum atomic E-state index is -1.24. The molecule has 40 heavy (non-hydrogen) atoms. The molecule has 212 valence electrons. The van der Waals surface area contributed by atoms with E-state index in [1.807, 2.05) is 0 Å². The number of aromatic nitrogens is 4. The largest absolute Gasteiger partial charge is 0.495 e. The van der Waals surface area contributed by atoms with Crippen LogP contribution in [0.25, 0.3) is 0 Å². The van der Waals surface area contributed by atoms with Gasteiger partial charge in [-0.25, -0.2) is 4.98 Å². The summed E-state index contributed by atoms with van der Waals surface area (Å²) in [7, 11) is 2.97. The molecule has 4 heterocycles. The van der Waals surface area contributed by atoms with E-state index in [9.17, 15) is 9.90 Å². The van der Waals surface area contributed by atoms with Crippen LogP contribution in [0.1, 0.15) is 11.1 Å². The molecule has 1 amide bonds. The van der Waals surface area contributed by atoms with Gasteiger partial charge in [-0.05, 0) is 6.08 Å². The maximum Gasteiger partial charge on any atom is 0.243 e. The van der Waals surface area contributed by atoms with Gasteiger partial charge in [0.1, 0.15) is 27.4 Å². The van der Waals surface area contributed by atoms with E-state index in [0.29, 0.717) is 47.7 Å². The number of hydrogen-bond donors (Lipinski definition) is 4. The van der Waals surface area contributed by atoms with E-state index >= 15 is 0 Å². The second-order valence-electron chi connectivity index (χ2n) is 9.12. The van der Waals surface area contributed by atoms with Gasteiger partial charge < -0.3 is 39.8 Å². The summed E-state index contributed by atoms with van der Waals surface area (Å²) in [4.78, 5) is 24.4. The fourth-order valence-corrected chi connectivity index (χ4v) is 5.37. The van der Waals surface area contributed by atoms with Gasteiger partial charge in [-0.3, -0.25) is 9.89 Å². The Bertz CT molecular complexity index is 1360. The zero-order valence-corrected chi connectivity index (χ0v) is 23.2. The van der Waals surface area contributed by atoms with Gasteiger partial charge in [-0.1, -0.05) is 29.8 Å². The van der Waals surface area contributed by atoms with Crippen LogP contribution in [-0.4, -0.2) is 77.0 Å². The molecule has 0 saturated carbocycles. The molecule has 1 saturated heterocycles. The van der Waals surface area contributed by atoms with E-state index in [1.165, 1.54) is 20.3 Å². The van der Waals surface area contributed by atoms with E-state index in [4.69, 9.17) is 42.4 Å². The Balaban J connectivity index is 1.51. The number of anilines is 3. The summed E-state index contributed by atoms with van der Waals surface area (Å²) in [5.41, 5.74) is 1.84. The molecule has 0 bridgehead atoms. The number of methoxy groups -OCH3 is 2. The predicted molar refractivity (Wildman–Crippen MR) is 149 cm³/mol. The lowest BCUT2D eigenvalue weighted by Crippen LogP contribution is -2.52. The first-order valence-corrected chi connectivity index (χ1v) is 13.0. The number of benzene rings is 1. The number of ether oxygens (including phenoxy) is 3. The first kappa shape index (κ1) is 27.8. The van der Waals surface area contributed by atoms with Gasteiger partial charge in [-0.15, -0.1) is 0 Å². The number of nitrogens with zero attached hydrogens (tertiary/aromatic N) is 5. The summed E-state index contributed by atoms with van der Waals surface area (Å²) in [6.45, 7) is 4.62. The first-order chi connectivity index (χ1) is 19.3. The Hall–Kier alpha value is -3.78. The van der Waals surface area contributed by atoms with Gasteiger partial charge >= 0.3 is 0 Å². The topological polar surface area (TPSA) is 150 Å². The molecule has 1 aromatic carbocycles. The van der Waals surface area contributed by atoms with E-state index in [0.717, 1.165) is 5.56 Å². The zero-order valence-electron chi connectivity index (χ0n) is 21.7. The highest BCUT2D eigenvalue weighted by molar-refractivity contribution is 6.41. The third-order valence-electron chi connectivity index (χ3n) is 6.67. The Morgan fingerprint density at radius 3 is 2.62 bits per heavy atom. The third-order valence-corrected chi connectivity index (χ3v) is 7.40. The molecule has 1 fully saturated rings. The van der Waals surface area contributed by atoms with Crippen molar-refractivity contribution in [2.24, 2.45) is 0 Å². The standard InChI is InChI=1S/C25H28Cl2N8O5/c1-4-19(36)31-15-11-40-12-16(15)32-24-28-8-14-10-34(22-20(26)17(38-2)5-18(39-3)21(22)27)25(37)35(23(14)33-24)9-13-6-29-30-7-13/h4-8,15-16,25,37H,1,9-12H2,2-3H3,(H,29,30)(H,31,36)(H,28,32,33). The molecule has 3 unspecified atom stereocenters. The summed E-state index contributed by atoms with van der Waals surface area (Å²) in [5, 5.41) is 25.0. The van der Waals surface area contributed by atoms with Crippen molar-refractivity contribution in [3.63, 3.8) is 0 Å². The SMILES string of the molecule is C=CC(=O)NC1COCC1Nc1ncc2c(n1)N(Cc1cn[nH]c1)C(O)N(c1c(Cl)c(OC)cc(OC)c1Cl)C2.